The van der Waals surface area contributed by atoms with Crippen molar-refractivity contribution in [3.8, 4) is 5.75 Å². The lowest BCUT2D eigenvalue weighted by Gasteiger charge is -2.34. The van der Waals surface area contributed by atoms with Crippen LogP contribution in [0.5, 0.6) is 5.75 Å². The fraction of sp³-hybridized carbons (Fsp3) is 0.571. The maximum atomic E-state index is 12.4. The SMILES string of the molecule is COc1ccc(S(=O)(=O)NCC2(C)CCCNC2)cc1[N+](=O)[O-].Cl. The molecular weight excluding hydrogens is 358 g/mol. The summed E-state index contributed by atoms with van der Waals surface area (Å²) in [6, 6.07) is 3.61. The summed E-state index contributed by atoms with van der Waals surface area (Å²) in [5.74, 6) is 0.0254. The van der Waals surface area contributed by atoms with Crippen LogP contribution in [0, 0.1) is 15.5 Å². The summed E-state index contributed by atoms with van der Waals surface area (Å²) in [6.07, 6.45) is 1.91. The van der Waals surface area contributed by atoms with Gasteiger partial charge in [0.2, 0.25) is 10.0 Å². The van der Waals surface area contributed by atoms with Crippen molar-refractivity contribution >= 4 is 28.1 Å². The van der Waals surface area contributed by atoms with Gasteiger partial charge in [0.15, 0.2) is 5.75 Å². The molecule has 0 aromatic heterocycles. The molecule has 1 heterocycles. The van der Waals surface area contributed by atoms with E-state index in [4.69, 9.17) is 4.74 Å². The topological polar surface area (TPSA) is 111 Å². The van der Waals surface area contributed by atoms with Crippen LogP contribution < -0.4 is 14.8 Å². The Kier molecular flexibility index (Phi) is 6.97. The van der Waals surface area contributed by atoms with Crippen molar-refractivity contribution in [1.29, 1.82) is 0 Å². The molecule has 0 radical (unpaired) electrons. The second kappa shape index (κ2) is 8.11. The van der Waals surface area contributed by atoms with Gasteiger partial charge in [-0.3, -0.25) is 10.1 Å². The summed E-state index contributed by atoms with van der Waals surface area (Å²) in [7, 11) is -2.52. The lowest BCUT2D eigenvalue weighted by molar-refractivity contribution is -0.386. The van der Waals surface area contributed by atoms with Gasteiger partial charge >= 0.3 is 5.69 Å². The molecule has 0 spiro atoms. The first-order chi connectivity index (χ1) is 10.8. The van der Waals surface area contributed by atoms with Gasteiger partial charge in [0, 0.05) is 19.2 Å². The summed E-state index contributed by atoms with van der Waals surface area (Å²) in [4.78, 5) is 10.2. The molecule has 1 aliphatic rings. The first-order valence-corrected chi connectivity index (χ1v) is 8.79. The van der Waals surface area contributed by atoms with Crippen LogP contribution in [0.15, 0.2) is 23.1 Å². The van der Waals surface area contributed by atoms with Crippen LogP contribution in [-0.4, -0.2) is 40.1 Å². The monoisotopic (exact) mass is 379 g/mol. The molecule has 2 rings (SSSR count). The number of nitrogens with one attached hydrogen (secondary N) is 2. The maximum absolute atomic E-state index is 12.4. The summed E-state index contributed by atoms with van der Waals surface area (Å²) >= 11 is 0. The van der Waals surface area contributed by atoms with Crippen LogP contribution >= 0.6 is 12.4 Å². The van der Waals surface area contributed by atoms with Crippen molar-refractivity contribution in [3.05, 3.63) is 28.3 Å². The number of nitro groups is 1. The molecule has 1 unspecified atom stereocenters. The van der Waals surface area contributed by atoms with E-state index in [1.165, 1.54) is 19.2 Å². The predicted molar refractivity (Wildman–Crippen MR) is 92.3 cm³/mol. The van der Waals surface area contributed by atoms with Crippen molar-refractivity contribution in [2.75, 3.05) is 26.7 Å². The zero-order valence-electron chi connectivity index (χ0n) is 13.6. The van der Waals surface area contributed by atoms with Gasteiger partial charge in [-0.1, -0.05) is 6.92 Å². The van der Waals surface area contributed by atoms with Crippen molar-refractivity contribution in [3.63, 3.8) is 0 Å². The minimum absolute atomic E-state index is 0. The number of nitro benzene ring substituents is 1. The molecule has 0 bridgehead atoms. The van der Waals surface area contributed by atoms with Crippen LogP contribution in [0.2, 0.25) is 0 Å². The number of benzene rings is 1. The standard InChI is InChI=1S/C14H21N3O5S.ClH/c1-14(6-3-7-15-9-14)10-16-23(20,21)11-4-5-13(22-2)12(8-11)17(18)19;/h4-5,8,15-16H,3,6-7,9-10H2,1-2H3;1H. The van der Waals surface area contributed by atoms with E-state index in [-0.39, 0.29) is 40.7 Å². The third-order valence-corrected chi connectivity index (χ3v) is 5.43. The van der Waals surface area contributed by atoms with Gasteiger partial charge in [0.25, 0.3) is 0 Å². The highest BCUT2D eigenvalue weighted by Gasteiger charge is 2.29. The molecule has 2 N–H and O–H groups in total. The highest BCUT2D eigenvalue weighted by molar-refractivity contribution is 7.89. The van der Waals surface area contributed by atoms with Gasteiger partial charge in [0.05, 0.1) is 16.9 Å². The van der Waals surface area contributed by atoms with Crippen LogP contribution in [0.25, 0.3) is 0 Å². The van der Waals surface area contributed by atoms with Crippen LogP contribution in [0.1, 0.15) is 19.8 Å². The van der Waals surface area contributed by atoms with Crippen molar-refractivity contribution in [2.24, 2.45) is 5.41 Å². The van der Waals surface area contributed by atoms with E-state index in [9.17, 15) is 18.5 Å². The fourth-order valence-corrected chi connectivity index (χ4v) is 3.82. The second-order valence-electron chi connectivity index (χ2n) is 6.01. The van der Waals surface area contributed by atoms with E-state index in [1.54, 1.807) is 0 Å². The minimum atomic E-state index is -3.82. The number of hydrogen-bond acceptors (Lipinski definition) is 6. The maximum Gasteiger partial charge on any atom is 0.312 e. The largest absolute Gasteiger partial charge is 0.490 e. The number of rotatable bonds is 6. The number of halogens is 1. The quantitative estimate of drug-likeness (QED) is 0.574. The lowest BCUT2D eigenvalue weighted by Crippen LogP contribution is -2.45. The predicted octanol–water partition coefficient (Wildman–Crippen LogP) is 1.69. The lowest BCUT2D eigenvalue weighted by atomic mass is 9.83. The summed E-state index contributed by atoms with van der Waals surface area (Å²) in [6.45, 7) is 3.96. The first kappa shape index (κ1) is 20.6. The number of ether oxygens (including phenoxy) is 1. The molecule has 1 aromatic carbocycles. The molecule has 10 heteroatoms. The van der Waals surface area contributed by atoms with E-state index >= 15 is 0 Å². The Morgan fingerprint density at radius 3 is 2.71 bits per heavy atom. The molecule has 8 nitrogen and oxygen atoms in total. The number of methoxy groups -OCH3 is 1. The number of sulfonamides is 1. The van der Waals surface area contributed by atoms with Gasteiger partial charge in [-0.05, 0) is 36.9 Å². The number of piperidine rings is 1. The number of hydrogen-bond donors (Lipinski definition) is 2. The smallest absolute Gasteiger partial charge is 0.312 e. The van der Waals surface area contributed by atoms with E-state index < -0.39 is 14.9 Å². The summed E-state index contributed by atoms with van der Waals surface area (Å²) < 4.78 is 32.2. The molecule has 0 aliphatic carbocycles. The molecule has 1 aromatic rings. The van der Waals surface area contributed by atoms with Crippen molar-refractivity contribution < 1.29 is 18.1 Å². The van der Waals surface area contributed by atoms with Gasteiger partial charge in [-0.15, -0.1) is 12.4 Å². The van der Waals surface area contributed by atoms with Crippen LogP contribution in [0.4, 0.5) is 5.69 Å². The zero-order chi connectivity index (χ0) is 17.1. The highest BCUT2D eigenvalue weighted by atomic mass is 35.5. The molecule has 1 atom stereocenters. The second-order valence-corrected chi connectivity index (χ2v) is 7.77. The Balaban J connectivity index is 0.00000288. The molecule has 136 valence electrons. The molecule has 1 saturated heterocycles. The van der Waals surface area contributed by atoms with E-state index in [0.717, 1.165) is 32.0 Å². The molecule has 1 aliphatic heterocycles. The average Bonchev–Trinajstić information content (AvgIpc) is 2.53. The van der Waals surface area contributed by atoms with Gasteiger partial charge in [-0.2, -0.15) is 0 Å². The van der Waals surface area contributed by atoms with E-state index in [1.807, 2.05) is 6.92 Å². The third kappa shape index (κ3) is 4.79. The van der Waals surface area contributed by atoms with Gasteiger partial charge in [0.1, 0.15) is 0 Å². The van der Waals surface area contributed by atoms with Gasteiger partial charge < -0.3 is 10.1 Å². The normalized spacial score (nSPS) is 20.9. The zero-order valence-corrected chi connectivity index (χ0v) is 15.2. The number of nitrogens with zero attached hydrogens (tertiary/aromatic N) is 1. The van der Waals surface area contributed by atoms with Crippen molar-refractivity contribution in [1.82, 2.24) is 10.0 Å². The molecule has 24 heavy (non-hydrogen) atoms. The average molecular weight is 380 g/mol. The summed E-state index contributed by atoms with van der Waals surface area (Å²) in [5.41, 5.74) is -0.537. The Bertz CT molecular complexity index is 690. The Labute approximate surface area is 147 Å². The molecule has 1 fully saturated rings. The van der Waals surface area contributed by atoms with Crippen LogP contribution in [-0.2, 0) is 10.0 Å². The van der Waals surface area contributed by atoms with E-state index in [0.29, 0.717) is 0 Å². The molecular formula is C14H22ClN3O5S. The molecule has 0 saturated carbocycles. The first-order valence-electron chi connectivity index (χ1n) is 7.30. The fourth-order valence-electron chi connectivity index (χ4n) is 2.60. The van der Waals surface area contributed by atoms with E-state index in [2.05, 4.69) is 10.0 Å². The van der Waals surface area contributed by atoms with Crippen LogP contribution in [0.3, 0.4) is 0 Å². The van der Waals surface area contributed by atoms with Crippen molar-refractivity contribution in [2.45, 2.75) is 24.7 Å². The molecule has 0 amide bonds. The third-order valence-electron chi connectivity index (χ3n) is 4.03. The Hall–Kier alpha value is -1.42. The Morgan fingerprint density at radius 2 is 2.17 bits per heavy atom. The highest BCUT2D eigenvalue weighted by Crippen LogP contribution is 2.30. The Morgan fingerprint density at radius 1 is 1.46 bits per heavy atom. The minimum Gasteiger partial charge on any atom is -0.490 e. The van der Waals surface area contributed by atoms with Gasteiger partial charge in [-0.25, -0.2) is 13.1 Å². The summed E-state index contributed by atoms with van der Waals surface area (Å²) in [5, 5.41) is 14.3.